The van der Waals surface area contributed by atoms with Gasteiger partial charge in [-0.3, -0.25) is 4.79 Å². The maximum absolute atomic E-state index is 13.0. The average molecular weight is 419 g/mol. The van der Waals surface area contributed by atoms with Crippen LogP contribution in [0.15, 0.2) is 53.1 Å². The van der Waals surface area contributed by atoms with Crippen molar-refractivity contribution < 1.29 is 18.8 Å². The second kappa shape index (κ2) is 8.79. The Morgan fingerprint density at radius 1 is 1.03 bits per heavy atom. The third kappa shape index (κ3) is 4.26. The molecule has 160 valence electrons. The van der Waals surface area contributed by atoms with Crippen LogP contribution < -0.4 is 9.47 Å². The first-order valence-corrected chi connectivity index (χ1v) is 10.8. The molecule has 0 aliphatic carbocycles. The van der Waals surface area contributed by atoms with Gasteiger partial charge in [-0.1, -0.05) is 41.6 Å². The number of fused-ring (bicyclic) bond motifs is 1. The van der Waals surface area contributed by atoms with E-state index in [1.54, 1.807) is 0 Å². The van der Waals surface area contributed by atoms with E-state index in [0.29, 0.717) is 37.8 Å². The maximum Gasteiger partial charge on any atom is 0.227 e. The maximum atomic E-state index is 13.0. The molecular weight excluding hydrogens is 394 g/mol. The molecule has 0 N–H and O–H groups in total. The summed E-state index contributed by atoms with van der Waals surface area (Å²) in [7, 11) is 0. The number of rotatable bonds is 5. The molecule has 1 fully saturated rings. The molecule has 2 aliphatic heterocycles. The van der Waals surface area contributed by atoms with Crippen LogP contribution in [0.5, 0.6) is 11.5 Å². The van der Waals surface area contributed by atoms with E-state index in [0.717, 1.165) is 48.4 Å². The summed E-state index contributed by atoms with van der Waals surface area (Å²) in [6.07, 6.45) is 3.59. The molecule has 0 spiro atoms. The highest BCUT2D eigenvalue weighted by molar-refractivity contribution is 5.77. The largest absolute Gasteiger partial charge is 0.490 e. The van der Waals surface area contributed by atoms with Gasteiger partial charge in [0.15, 0.2) is 11.5 Å². The number of carbonyl (C=O) groups excluding carboxylic acids is 1. The highest BCUT2D eigenvalue weighted by atomic mass is 16.5. The Hall–Kier alpha value is -3.35. The molecule has 2 aliphatic rings. The van der Waals surface area contributed by atoms with Crippen LogP contribution in [0.3, 0.4) is 0 Å². The number of aromatic nitrogens is 2. The fraction of sp³-hybridized carbons (Fsp3) is 0.375. The Kier molecular flexibility index (Phi) is 5.56. The number of aryl methyl sites for hydroxylation is 1. The van der Waals surface area contributed by atoms with Crippen molar-refractivity contribution in [1.82, 2.24) is 15.0 Å². The molecule has 1 aromatic heterocycles. The summed E-state index contributed by atoms with van der Waals surface area (Å²) in [6, 6.07) is 15.8. The number of likely N-dealkylation sites (tertiary alicyclic amines) is 1. The van der Waals surface area contributed by atoms with E-state index in [9.17, 15) is 4.79 Å². The van der Waals surface area contributed by atoms with Gasteiger partial charge < -0.3 is 18.9 Å². The second-order valence-electron chi connectivity index (χ2n) is 7.88. The van der Waals surface area contributed by atoms with E-state index in [1.807, 2.05) is 53.4 Å². The Bertz CT molecular complexity index is 1050. The highest BCUT2D eigenvalue weighted by Gasteiger charge is 2.30. The Labute approximate surface area is 181 Å². The summed E-state index contributed by atoms with van der Waals surface area (Å²) in [6.45, 7) is 2.08. The van der Waals surface area contributed by atoms with Crippen LogP contribution in [-0.4, -0.2) is 40.7 Å². The van der Waals surface area contributed by atoms with E-state index >= 15 is 0 Å². The number of hydrogen-bond acceptors (Lipinski definition) is 6. The minimum absolute atomic E-state index is 0.0622. The molecule has 0 unspecified atom stereocenters. The van der Waals surface area contributed by atoms with Crippen molar-refractivity contribution in [3.05, 3.63) is 60.0 Å². The van der Waals surface area contributed by atoms with E-state index in [-0.39, 0.29) is 11.9 Å². The van der Waals surface area contributed by atoms with Crippen LogP contribution in [0.1, 0.15) is 43.2 Å². The zero-order chi connectivity index (χ0) is 21.0. The lowest BCUT2D eigenvalue weighted by molar-refractivity contribution is -0.132. The minimum Gasteiger partial charge on any atom is -0.490 e. The molecule has 2 aromatic carbocycles. The lowest BCUT2D eigenvalue weighted by Crippen LogP contribution is -2.30. The van der Waals surface area contributed by atoms with Crippen molar-refractivity contribution in [2.75, 3.05) is 19.8 Å². The molecule has 3 heterocycles. The molecule has 0 radical (unpaired) electrons. The quantitative estimate of drug-likeness (QED) is 0.617. The standard InChI is InChI=1S/C24H25N3O4/c28-23(12-11-22-25-24(26-31-22)17-6-2-1-3-7-17)27-13-4-8-19(27)18-9-10-20-21(16-18)30-15-5-14-29-20/h1-3,6-7,9-10,16,19H,4-5,8,11-15H2/t19-/m0/s1. The molecule has 1 amide bonds. The van der Waals surface area contributed by atoms with Crippen LogP contribution in [-0.2, 0) is 11.2 Å². The van der Waals surface area contributed by atoms with E-state index < -0.39 is 0 Å². The normalized spacial score (nSPS) is 18.1. The van der Waals surface area contributed by atoms with Crippen molar-refractivity contribution in [3.8, 4) is 22.9 Å². The molecular formula is C24H25N3O4. The van der Waals surface area contributed by atoms with Crippen molar-refractivity contribution in [3.63, 3.8) is 0 Å². The first-order valence-electron chi connectivity index (χ1n) is 10.8. The van der Waals surface area contributed by atoms with Gasteiger partial charge in [0.05, 0.1) is 19.3 Å². The highest BCUT2D eigenvalue weighted by Crippen LogP contribution is 2.38. The van der Waals surface area contributed by atoms with Crippen molar-refractivity contribution in [2.45, 2.75) is 38.1 Å². The van der Waals surface area contributed by atoms with Crippen molar-refractivity contribution in [1.29, 1.82) is 0 Å². The van der Waals surface area contributed by atoms with Gasteiger partial charge in [0.2, 0.25) is 17.6 Å². The van der Waals surface area contributed by atoms with Crippen LogP contribution in [0, 0.1) is 0 Å². The van der Waals surface area contributed by atoms with Crippen LogP contribution in [0.2, 0.25) is 0 Å². The van der Waals surface area contributed by atoms with Gasteiger partial charge in [-0.2, -0.15) is 4.98 Å². The number of benzene rings is 2. The van der Waals surface area contributed by atoms with Gasteiger partial charge in [-0.25, -0.2) is 0 Å². The van der Waals surface area contributed by atoms with E-state index in [2.05, 4.69) is 10.1 Å². The number of carbonyl (C=O) groups is 1. The topological polar surface area (TPSA) is 77.7 Å². The zero-order valence-corrected chi connectivity index (χ0v) is 17.3. The predicted molar refractivity (Wildman–Crippen MR) is 114 cm³/mol. The fourth-order valence-corrected chi connectivity index (χ4v) is 4.22. The Balaban J connectivity index is 1.24. The summed E-state index contributed by atoms with van der Waals surface area (Å²) in [5.41, 5.74) is 2.00. The molecule has 31 heavy (non-hydrogen) atoms. The fourth-order valence-electron chi connectivity index (χ4n) is 4.22. The van der Waals surface area contributed by atoms with Crippen LogP contribution >= 0.6 is 0 Å². The predicted octanol–water partition coefficient (Wildman–Crippen LogP) is 4.19. The van der Waals surface area contributed by atoms with Crippen molar-refractivity contribution >= 4 is 5.91 Å². The minimum atomic E-state index is 0.0622. The molecule has 0 saturated carbocycles. The summed E-state index contributed by atoms with van der Waals surface area (Å²) >= 11 is 0. The molecule has 5 rings (SSSR count). The third-order valence-corrected chi connectivity index (χ3v) is 5.78. The molecule has 1 atom stereocenters. The molecule has 7 nitrogen and oxygen atoms in total. The molecule has 0 bridgehead atoms. The average Bonchev–Trinajstić information content (AvgIpc) is 3.43. The lowest BCUT2D eigenvalue weighted by atomic mass is 10.0. The molecule has 3 aromatic rings. The summed E-state index contributed by atoms with van der Waals surface area (Å²) in [4.78, 5) is 19.4. The first kappa shape index (κ1) is 19.6. The first-order chi connectivity index (χ1) is 15.3. The SMILES string of the molecule is O=C(CCc1nc(-c2ccccc2)no1)N1CCC[C@H]1c1ccc2c(c1)OCCCO2. The summed E-state index contributed by atoms with van der Waals surface area (Å²) in [5.74, 6) is 2.69. The number of nitrogens with zero attached hydrogens (tertiary/aromatic N) is 3. The van der Waals surface area contributed by atoms with Crippen LogP contribution in [0.4, 0.5) is 0 Å². The number of ether oxygens (including phenoxy) is 2. The summed E-state index contributed by atoms with van der Waals surface area (Å²) in [5, 5.41) is 4.04. The van der Waals surface area contributed by atoms with Gasteiger partial charge in [0, 0.05) is 31.4 Å². The third-order valence-electron chi connectivity index (χ3n) is 5.78. The second-order valence-corrected chi connectivity index (χ2v) is 7.88. The van der Waals surface area contributed by atoms with Gasteiger partial charge in [-0.15, -0.1) is 0 Å². The van der Waals surface area contributed by atoms with E-state index in [1.165, 1.54) is 0 Å². The lowest BCUT2D eigenvalue weighted by Gasteiger charge is -2.25. The van der Waals surface area contributed by atoms with E-state index in [4.69, 9.17) is 14.0 Å². The number of hydrogen-bond donors (Lipinski definition) is 0. The van der Waals surface area contributed by atoms with Gasteiger partial charge in [-0.05, 0) is 30.5 Å². The van der Waals surface area contributed by atoms with Gasteiger partial charge in [0.1, 0.15) is 0 Å². The van der Waals surface area contributed by atoms with Gasteiger partial charge in [0.25, 0.3) is 0 Å². The molecule has 1 saturated heterocycles. The zero-order valence-electron chi connectivity index (χ0n) is 17.3. The monoisotopic (exact) mass is 419 g/mol. The smallest absolute Gasteiger partial charge is 0.227 e. The van der Waals surface area contributed by atoms with Crippen molar-refractivity contribution in [2.24, 2.45) is 0 Å². The Morgan fingerprint density at radius 3 is 2.74 bits per heavy atom. The number of amides is 1. The Morgan fingerprint density at radius 2 is 1.87 bits per heavy atom. The van der Waals surface area contributed by atoms with Gasteiger partial charge >= 0.3 is 0 Å². The molecule has 7 heteroatoms. The van der Waals surface area contributed by atoms with Crippen LogP contribution in [0.25, 0.3) is 11.4 Å². The summed E-state index contributed by atoms with van der Waals surface area (Å²) < 4.78 is 16.9.